The van der Waals surface area contributed by atoms with Crippen LogP contribution in [-0.2, 0) is 0 Å². The van der Waals surface area contributed by atoms with Gasteiger partial charge in [0, 0.05) is 17.6 Å². The summed E-state index contributed by atoms with van der Waals surface area (Å²) < 4.78 is 5.48. The highest BCUT2D eigenvalue weighted by Crippen LogP contribution is 2.31. The summed E-state index contributed by atoms with van der Waals surface area (Å²) in [6.45, 7) is 1.17. The summed E-state index contributed by atoms with van der Waals surface area (Å²) in [6, 6.07) is 5.74. The summed E-state index contributed by atoms with van der Waals surface area (Å²) in [7, 11) is 0. The average molecular weight is 199 g/mol. The van der Waals surface area contributed by atoms with Crippen molar-refractivity contribution >= 4 is 17.3 Å². The van der Waals surface area contributed by atoms with Gasteiger partial charge in [-0.25, -0.2) is 0 Å². The molecule has 1 unspecified atom stereocenters. The SMILES string of the molecule is NCC1COc2cc(Cl)ccc2N1. The molecule has 0 saturated carbocycles. The molecule has 13 heavy (non-hydrogen) atoms. The quantitative estimate of drug-likeness (QED) is 0.719. The number of ether oxygens (including phenoxy) is 1. The Morgan fingerprint density at radius 1 is 1.62 bits per heavy atom. The molecule has 0 fully saturated rings. The Morgan fingerprint density at radius 3 is 3.23 bits per heavy atom. The van der Waals surface area contributed by atoms with Crippen LogP contribution in [0.1, 0.15) is 0 Å². The number of nitrogens with two attached hydrogens (primary N) is 1. The van der Waals surface area contributed by atoms with Crippen molar-refractivity contribution in [3.8, 4) is 5.75 Å². The minimum absolute atomic E-state index is 0.202. The number of rotatable bonds is 1. The second kappa shape index (κ2) is 3.44. The zero-order valence-corrected chi connectivity index (χ0v) is 7.84. The number of fused-ring (bicyclic) bond motifs is 1. The molecule has 1 aliphatic heterocycles. The van der Waals surface area contributed by atoms with Gasteiger partial charge in [-0.2, -0.15) is 0 Å². The molecule has 2 rings (SSSR count). The van der Waals surface area contributed by atoms with Gasteiger partial charge in [-0.1, -0.05) is 11.6 Å². The van der Waals surface area contributed by atoms with Gasteiger partial charge < -0.3 is 15.8 Å². The third kappa shape index (κ3) is 1.71. The molecule has 0 spiro atoms. The molecule has 1 aromatic rings. The van der Waals surface area contributed by atoms with E-state index in [-0.39, 0.29) is 6.04 Å². The standard InChI is InChI=1S/C9H11ClN2O/c10-6-1-2-8-9(3-6)13-5-7(4-11)12-8/h1-3,7,12H,4-5,11H2. The first kappa shape index (κ1) is 8.66. The highest BCUT2D eigenvalue weighted by atomic mass is 35.5. The van der Waals surface area contributed by atoms with Crippen molar-refractivity contribution in [1.82, 2.24) is 0 Å². The number of hydrogen-bond acceptors (Lipinski definition) is 3. The highest BCUT2D eigenvalue weighted by molar-refractivity contribution is 6.30. The maximum atomic E-state index is 5.81. The normalized spacial score (nSPS) is 20.0. The second-order valence-electron chi connectivity index (χ2n) is 3.03. The summed E-state index contributed by atoms with van der Waals surface area (Å²) in [5.74, 6) is 0.803. The van der Waals surface area contributed by atoms with E-state index >= 15 is 0 Å². The summed E-state index contributed by atoms with van der Waals surface area (Å²) in [5.41, 5.74) is 6.49. The number of anilines is 1. The lowest BCUT2D eigenvalue weighted by molar-refractivity contribution is 0.287. The zero-order valence-electron chi connectivity index (χ0n) is 7.09. The van der Waals surface area contributed by atoms with E-state index in [0.29, 0.717) is 18.2 Å². The van der Waals surface area contributed by atoms with Crippen molar-refractivity contribution in [3.63, 3.8) is 0 Å². The molecule has 4 heteroatoms. The van der Waals surface area contributed by atoms with Crippen LogP contribution < -0.4 is 15.8 Å². The average Bonchev–Trinajstić information content (AvgIpc) is 2.17. The fourth-order valence-corrected chi connectivity index (χ4v) is 1.48. The van der Waals surface area contributed by atoms with Crippen molar-refractivity contribution in [2.45, 2.75) is 6.04 Å². The fraction of sp³-hybridized carbons (Fsp3) is 0.333. The van der Waals surface area contributed by atoms with Crippen molar-refractivity contribution in [1.29, 1.82) is 0 Å². The maximum absolute atomic E-state index is 5.81. The molecule has 1 atom stereocenters. The zero-order chi connectivity index (χ0) is 9.26. The van der Waals surface area contributed by atoms with E-state index < -0.39 is 0 Å². The molecule has 0 radical (unpaired) electrons. The van der Waals surface area contributed by atoms with Crippen LogP contribution in [0.2, 0.25) is 5.02 Å². The Balaban J connectivity index is 2.26. The molecule has 70 valence electrons. The van der Waals surface area contributed by atoms with Gasteiger partial charge in [0.25, 0.3) is 0 Å². The summed E-state index contributed by atoms with van der Waals surface area (Å²) in [5, 5.41) is 3.95. The van der Waals surface area contributed by atoms with E-state index in [9.17, 15) is 0 Å². The molecule has 0 amide bonds. The second-order valence-corrected chi connectivity index (χ2v) is 3.46. The van der Waals surface area contributed by atoms with Crippen molar-refractivity contribution in [3.05, 3.63) is 23.2 Å². The van der Waals surface area contributed by atoms with Gasteiger partial charge in [0.15, 0.2) is 0 Å². The van der Waals surface area contributed by atoms with Crippen LogP contribution >= 0.6 is 11.6 Å². The first-order chi connectivity index (χ1) is 6.29. The van der Waals surface area contributed by atoms with Crippen molar-refractivity contribution in [2.75, 3.05) is 18.5 Å². The predicted octanol–water partition coefficient (Wildman–Crippen LogP) is 1.47. The first-order valence-electron chi connectivity index (χ1n) is 4.18. The van der Waals surface area contributed by atoms with E-state index in [0.717, 1.165) is 11.4 Å². The van der Waals surface area contributed by atoms with Crippen LogP contribution in [0.25, 0.3) is 0 Å². The lowest BCUT2D eigenvalue weighted by Gasteiger charge is -2.26. The van der Waals surface area contributed by atoms with Crippen molar-refractivity contribution < 1.29 is 4.74 Å². The number of benzene rings is 1. The monoisotopic (exact) mass is 198 g/mol. The lowest BCUT2D eigenvalue weighted by Crippen LogP contribution is -2.37. The van der Waals surface area contributed by atoms with Crippen LogP contribution in [0.4, 0.5) is 5.69 Å². The Labute approximate surface area is 81.8 Å². The predicted molar refractivity (Wildman–Crippen MR) is 53.4 cm³/mol. The van der Waals surface area contributed by atoms with Gasteiger partial charge >= 0.3 is 0 Å². The molecule has 1 aromatic carbocycles. The Hall–Kier alpha value is -0.930. The largest absolute Gasteiger partial charge is 0.489 e. The molecule has 1 aliphatic rings. The van der Waals surface area contributed by atoms with Crippen LogP contribution in [-0.4, -0.2) is 19.2 Å². The Morgan fingerprint density at radius 2 is 2.46 bits per heavy atom. The molecular weight excluding hydrogens is 188 g/mol. The fourth-order valence-electron chi connectivity index (χ4n) is 1.31. The molecule has 0 aliphatic carbocycles. The number of halogens is 1. The van der Waals surface area contributed by atoms with E-state index in [1.54, 1.807) is 6.07 Å². The van der Waals surface area contributed by atoms with Crippen LogP contribution in [0.3, 0.4) is 0 Å². The third-order valence-electron chi connectivity index (χ3n) is 2.03. The first-order valence-corrected chi connectivity index (χ1v) is 4.56. The topological polar surface area (TPSA) is 47.3 Å². The number of nitrogens with one attached hydrogen (secondary N) is 1. The van der Waals surface area contributed by atoms with Gasteiger partial charge in [0.1, 0.15) is 12.4 Å². The maximum Gasteiger partial charge on any atom is 0.143 e. The van der Waals surface area contributed by atoms with Gasteiger partial charge in [0.05, 0.1) is 11.7 Å². The molecule has 0 saturated heterocycles. The van der Waals surface area contributed by atoms with Crippen LogP contribution in [0.5, 0.6) is 5.75 Å². The van der Waals surface area contributed by atoms with E-state index in [1.165, 1.54) is 0 Å². The van der Waals surface area contributed by atoms with Gasteiger partial charge in [-0.15, -0.1) is 0 Å². The van der Waals surface area contributed by atoms with E-state index in [2.05, 4.69) is 5.32 Å². The van der Waals surface area contributed by atoms with Gasteiger partial charge in [-0.3, -0.25) is 0 Å². The molecule has 0 bridgehead atoms. The minimum Gasteiger partial charge on any atom is -0.489 e. The van der Waals surface area contributed by atoms with Gasteiger partial charge in [0.2, 0.25) is 0 Å². The Bertz CT molecular complexity index is 316. The third-order valence-corrected chi connectivity index (χ3v) is 2.26. The smallest absolute Gasteiger partial charge is 0.143 e. The van der Waals surface area contributed by atoms with Crippen molar-refractivity contribution in [2.24, 2.45) is 5.73 Å². The molecule has 0 aromatic heterocycles. The van der Waals surface area contributed by atoms with Crippen LogP contribution in [0, 0.1) is 0 Å². The highest BCUT2D eigenvalue weighted by Gasteiger charge is 2.16. The Kier molecular flexibility index (Phi) is 2.29. The van der Waals surface area contributed by atoms with E-state index in [1.807, 2.05) is 12.1 Å². The molecule has 3 nitrogen and oxygen atoms in total. The minimum atomic E-state index is 0.202. The van der Waals surface area contributed by atoms with Gasteiger partial charge in [-0.05, 0) is 12.1 Å². The molecule has 1 heterocycles. The summed E-state index contributed by atoms with van der Waals surface area (Å²) in [6.07, 6.45) is 0. The van der Waals surface area contributed by atoms with E-state index in [4.69, 9.17) is 22.1 Å². The summed E-state index contributed by atoms with van der Waals surface area (Å²) in [4.78, 5) is 0. The van der Waals surface area contributed by atoms with Crippen LogP contribution in [0.15, 0.2) is 18.2 Å². The summed E-state index contributed by atoms with van der Waals surface area (Å²) >= 11 is 5.81. The number of hydrogen-bond donors (Lipinski definition) is 2. The molecular formula is C9H11ClN2O. The molecule has 3 N–H and O–H groups in total. The lowest BCUT2D eigenvalue weighted by atomic mass is 10.2.